The van der Waals surface area contributed by atoms with E-state index in [-0.39, 0.29) is 129 Å². The van der Waals surface area contributed by atoms with Crippen molar-refractivity contribution in [1.82, 2.24) is 46.2 Å². The Morgan fingerprint density at radius 1 is 0.679 bits per heavy atom. The summed E-state index contributed by atoms with van der Waals surface area (Å²) in [5.41, 5.74) is 8.03. The van der Waals surface area contributed by atoms with Crippen LogP contribution in [-0.4, -0.2) is 220 Å². The first kappa shape index (κ1) is 90.6. The molecule has 8 N–H and O–H groups in total. The van der Waals surface area contributed by atoms with Crippen LogP contribution in [0.1, 0.15) is 158 Å². The summed E-state index contributed by atoms with van der Waals surface area (Å²) in [6.07, 6.45) is 3.47. The van der Waals surface area contributed by atoms with E-state index in [1.165, 1.54) is 31.1 Å². The van der Waals surface area contributed by atoms with Crippen molar-refractivity contribution < 1.29 is 76.5 Å². The van der Waals surface area contributed by atoms with E-state index in [0.29, 0.717) is 81.7 Å². The molecule has 0 spiro atoms. The van der Waals surface area contributed by atoms with Crippen molar-refractivity contribution in [1.29, 1.82) is 0 Å². The van der Waals surface area contributed by atoms with Crippen molar-refractivity contribution in [3.8, 4) is 5.75 Å². The number of nitrogens with one attached hydrogen (secondary N) is 6. The number of benzene rings is 3. The van der Waals surface area contributed by atoms with Gasteiger partial charge in [0.25, 0.3) is 5.91 Å². The Kier molecular flexibility index (Phi) is 37.1. The zero-order chi connectivity index (χ0) is 80.9. The highest BCUT2D eigenvalue weighted by Gasteiger charge is 2.45. The average Bonchev–Trinajstić information content (AvgIpc) is 1.81. The van der Waals surface area contributed by atoms with Gasteiger partial charge in [-0.3, -0.25) is 57.7 Å². The number of esters is 1. The number of likely N-dealkylation sites (tertiary alicyclic amines) is 2. The molecule has 5 rings (SSSR count). The van der Waals surface area contributed by atoms with Crippen LogP contribution in [0.2, 0.25) is 0 Å². The minimum atomic E-state index is -1.09. The second kappa shape index (κ2) is 44.6. The molecule has 0 bridgehead atoms. The first-order valence-corrected chi connectivity index (χ1v) is 38.6. The van der Waals surface area contributed by atoms with Crippen molar-refractivity contribution in [3.05, 3.63) is 90.0 Å². The number of carbonyl (C=O) groups is 12. The number of anilines is 2. The first-order valence-electron chi connectivity index (χ1n) is 38.6. The summed E-state index contributed by atoms with van der Waals surface area (Å²) in [5.74, 6) is -5.65. The Bertz CT molecular complexity index is 3490. The van der Waals surface area contributed by atoms with Crippen LogP contribution in [-0.2, 0) is 79.8 Å². The molecule has 28 heteroatoms. The molecule has 12 atom stereocenters. The zero-order valence-corrected chi connectivity index (χ0v) is 67.3. The van der Waals surface area contributed by atoms with Crippen molar-refractivity contribution in [2.45, 2.75) is 214 Å². The Hall–Kier alpha value is -9.02. The number of methoxy groups -OCH3 is 3. The second-order valence-electron chi connectivity index (χ2n) is 30.5. The highest BCUT2D eigenvalue weighted by atomic mass is 16.5. The summed E-state index contributed by atoms with van der Waals surface area (Å²) in [7, 11) is 9.52. The average molecular weight is 1520 g/mol. The van der Waals surface area contributed by atoms with E-state index < -0.39 is 90.1 Å². The van der Waals surface area contributed by atoms with Gasteiger partial charge in [-0.2, -0.15) is 0 Å². The van der Waals surface area contributed by atoms with Gasteiger partial charge in [0, 0.05) is 91.0 Å². The number of unbranched alkanes of at least 4 members (excludes halogenated alkanes) is 2. The number of primary amides is 1. The van der Waals surface area contributed by atoms with Crippen molar-refractivity contribution in [3.63, 3.8) is 0 Å². The molecule has 0 radical (unpaired) electrons. The van der Waals surface area contributed by atoms with Gasteiger partial charge in [-0.1, -0.05) is 131 Å². The standard InChI is InChI=1S/C81H124N12O16/c1-18-53(10)72(64(106-15)47-67(96)92-43-26-30-63(92)73(107-16)54(11)74(98)86-62(80(104)108-17)45-56-27-21-19-22-28-56)91(14)79(103)70(51(6)7)88-77(101)71(52(8)9)89(12)44-40-55-32-36-58(37-33-55)90(13)68(97)48-109-59-38-34-57(35-39-59)84-75(99)61(29-25-41-83-81(82)105)85-76(100)69(50(4)5)87-65(94)31-23-20-24-42-93-66(95)46-60(49(2)3)78(93)102/h19,21-22,27-28,32-39,49-54,60-64,69-73H,18,20,23-26,29-31,40-48H2,1-17H3,(H,84,99)(H,85,100)(H,86,98)(H,87,94)(H,88,101)(H3,82,83,105)/t53-,54+,60?,61-,62-,63-,64+,69-,70-,71-,72-,73+/m0/s1. The van der Waals surface area contributed by atoms with Gasteiger partial charge in [-0.25, -0.2) is 9.59 Å². The van der Waals surface area contributed by atoms with Crippen molar-refractivity contribution in [2.75, 3.05) is 85.5 Å². The lowest BCUT2D eigenvalue weighted by Gasteiger charge is -2.41. The number of ether oxygens (including phenoxy) is 4. The molecule has 2 aliphatic rings. The fourth-order valence-corrected chi connectivity index (χ4v) is 14.4. The number of amides is 12. The molecule has 12 amide bonds. The highest BCUT2D eigenvalue weighted by molar-refractivity contribution is 6.04. The Labute approximate surface area is 644 Å². The maximum Gasteiger partial charge on any atom is 0.328 e. The van der Waals surface area contributed by atoms with E-state index in [4.69, 9.17) is 24.7 Å². The van der Waals surface area contributed by atoms with Crippen LogP contribution in [0, 0.1) is 41.4 Å². The molecule has 1 unspecified atom stereocenters. The number of hydrogen-bond acceptors (Lipinski definition) is 17. The van der Waals surface area contributed by atoms with Gasteiger partial charge in [0.15, 0.2) is 6.61 Å². The molecule has 604 valence electrons. The highest BCUT2D eigenvalue weighted by Crippen LogP contribution is 2.32. The normalized spacial score (nSPS) is 17.2. The van der Waals surface area contributed by atoms with Crippen LogP contribution in [0.15, 0.2) is 78.9 Å². The molecule has 0 aromatic heterocycles. The van der Waals surface area contributed by atoms with E-state index in [9.17, 15) is 57.5 Å². The lowest BCUT2D eigenvalue weighted by Crippen LogP contribution is -2.60. The fourth-order valence-electron chi connectivity index (χ4n) is 14.4. The summed E-state index contributed by atoms with van der Waals surface area (Å²) in [6.45, 7) is 21.8. The van der Waals surface area contributed by atoms with Gasteiger partial charge in [0.05, 0.1) is 49.8 Å². The molecule has 28 nitrogen and oxygen atoms in total. The number of imide groups is 1. The molecule has 0 aliphatic carbocycles. The third-order valence-corrected chi connectivity index (χ3v) is 21.1. The van der Waals surface area contributed by atoms with Crippen LogP contribution >= 0.6 is 0 Å². The summed E-state index contributed by atoms with van der Waals surface area (Å²) in [5, 5.41) is 16.9. The molecule has 2 fully saturated rings. The largest absolute Gasteiger partial charge is 0.484 e. The second-order valence-corrected chi connectivity index (χ2v) is 30.5. The topological polar surface area (TPSA) is 356 Å². The van der Waals surface area contributed by atoms with E-state index in [1.807, 2.05) is 122 Å². The zero-order valence-electron chi connectivity index (χ0n) is 67.3. The molecule has 2 heterocycles. The summed E-state index contributed by atoms with van der Waals surface area (Å²) >= 11 is 0. The summed E-state index contributed by atoms with van der Waals surface area (Å²) in [6, 6.07) is 16.8. The maximum atomic E-state index is 14.9. The molecule has 0 saturated carbocycles. The molecule has 3 aromatic rings. The number of carbonyl (C=O) groups excluding carboxylic acids is 12. The number of hydrogen-bond donors (Lipinski definition) is 7. The minimum Gasteiger partial charge on any atom is -0.484 e. The Morgan fingerprint density at radius 2 is 1.33 bits per heavy atom. The van der Waals surface area contributed by atoms with Crippen LogP contribution in [0.25, 0.3) is 0 Å². The maximum absolute atomic E-state index is 14.9. The van der Waals surface area contributed by atoms with Crippen LogP contribution < -0.4 is 47.3 Å². The monoisotopic (exact) mass is 1520 g/mol. The van der Waals surface area contributed by atoms with E-state index >= 15 is 0 Å². The van der Waals surface area contributed by atoms with E-state index in [0.717, 1.165) is 11.1 Å². The van der Waals surface area contributed by atoms with Crippen molar-refractivity contribution in [2.24, 2.45) is 47.2 Å². The molecular formula is C81H124N12O16. The fraction of sp³-hybridized carbons (Fsp3) is 0.630. The minimum absolute atomic E-state index is 0.0683. The molecule has 2 saturated heterocycles. The van der Waals surface area contributed by atoms with E-state index in [1.54, 1.807) is 68.9 Å². The third kappa shape index (κ3) is 26.9. The summed E-state index contributed by atoms with van der Waals surface area (Å²) in [4.78, 5) is 170. The van der Waals surface area contributed by atoms with Crippen LogP contribution in [0.3, 0.4) is 0 Å². The smallest absolute Gasteiger partial charge is 0.328 e. The third-order valence-electron chi connectivity index (χ3n) is 21.1. The predicted octanol–water partition coefficient (Wildman–Crippen LogP) is 6.79. The Morgan fingerprint density at radius 3 is 1.91 bits per heavy atom. The SMILES string of the molecule is CC[C@H](C)[C@@H]([C@@H](CC(=O)N1CCC[C@H]1[C@H](OC)[C@@H](C)C(=O)N[C@@H](Cc1ccccc1)C(=O)OC)OC)N(C)C(=O)[C@@H](NC(=O)[C@H](C(C)C)N(C)CCc1ccc(N(C)C(=O)COc2ccc(NC(=O)[C@H](CCCNC(N)=O)NC(=O)[C@@H](NC(=O)CCCCCN3C(=O)CC(C(C)C)C3=O)C(C)C)cc2)cc1)C(C)C. The van der Waals surface area contributed by atoms with Gasteiger partial charge < -0.3 is 71.3 Å². The predicted molar refractivity (Wildman–Crippen MR) is 416 cm³/mol. The van der Waals surface area contributed by atoms with Gasteiger partial charge >= 0.3 is 12.0 Å². The van der Waals surface area contributed by atoms with Gasteiger partial charge in [0.1, 0.15) is 29.9 Å². The Balaban J connectivity index is 1.13. The number of likely N-dealkylation sites (N-methyl/N-ethyl adjacent to an activating group) is 3. The van der Waals surface area contributed by atoms with Gasteiger partial charge in [0.2, 0.25) is 53.2 Å². The molecule has 109 heavy (non-hydrogen) atoms. The molecule has 3 aromatic carbocycles. The lowest BCUT2D eigenvalue weighted by molar-refractivity contribution is -0.149. The molecule has 2 aliphatic heterocycles. The number of rotatable bonds is 45. The van der Waals surface area contributed by atoms with Gasteiger partial charge in [-0.15, -0.1) is 0 Å². The number of urea groups is 1. The first-order chi connectivity index (χ1) is 51.7. The van der Waals surface area contributed by atoms with Crippen LogP contribution in [0.4, 0.5) is 16.2 Å². The van der Waals surface area contributed by atoms with Crippen molar-refractivity contribution >= 4 is 82.4 Å². The van der Waals surface area contributed by atoms with Crippen LogP contribution in [0.5, 0.6) is 5.75 Å². The van der Waals surface area contributed by atoms with Gasteiger partial charge in [-0.05, 0) is 129 Å². The lowest BCUT2D eigenvalue weighted by atomic mass is 9.89. The number of nitrogens with two attached hydrogens (primary N) is 1. The summed E-state index contributed by atoms with van der Waals surface area (Å²) < 4.78 is 23.1. The quantitative estimate of drug-likeness (QED) is 0.0174. The van der Waals surface area contributed by atoms with E-state index in [2.05, 4.69) is 31.9 Å². The number of nitrogens with zero attached hydrogens (tertiary/aromatic N) is 5. The molecular weight excluding hydrogens is 1400 g/mol.